The molecule has 0 aliphatic carbocycles. The molecule has 0 spiro atoms. The maximum atomic E-state index is 13.4. The standard InChI is InChI=1S/C14H16F4N2O/c15-12-4-2-1-3-9(12)5-6-20-13(21)10-7-19-8-11(10)14(16,17)18/h1-4,10-11,19H,5-8H2,(H,20,21)/t10-,11-/m1/s1. The van der Waals surface area contributed by atoms with E-state index in [0.29, 0.717) is 5.56 Å². The van der Waals surface area contributed by atoms with Crippen molar-refractivity contribution in [3.63, 3.8) is 0 Å². The molecule has 1 fully saturated rings. The quantitative estimate of drug-likeness (QED) is 0.834. The molecule has 1 heterocycles. The van der Waals surface area contributed by atoms with Gasteiger partial charge < -0.3 is 10.6 Å². The molecule has 0 bridgehead atoms. The molecule has 2 rings (SSSR count). The van der Waals surface area contributed by atoms with E-state index in [1.54, 1.807) is 18.2 Å². The van der Waals surface area contributed by atoms with Crippen LogP contribution in [-0.4, -0.2) is 31.7 Å². The Morgan fingerprint density at radius 3 is 2.67 bits per heavy atom. The second-order valence-corrected chi connectivity index (χ2v) is 5.05. The van der Waals surface area contributed by atoms with E-state index < -0.39 is 23.9 Å². The lowest BCUT2D eigenvalue weighted by Crippen LogP contribution is -2.40. The number of alkyl halides is 3. The fourth-order valence-electron chi connectivity index (χ4n) is 2.45. The lowest BCUT2D eigenvalue weighted by Gasteiger charge is -2.20. The summed E-state index contributed by atoms with van der Waals surface area (Å²) in [5.74, 6) is -3.81. The lowest BCUT2D eigenvalue weighted by molar-refractivity contribution is -0.182. The molecule has 1 amide bonds. The zero-order chi connectivity index (χ0) is 15.5. The maximum Gasteiger partial charge on any atom is 0.393 e. The fraction of sp³-hybridized carbons (Fsp3) is 0.500. The van der Waals surface area contributed by atoms with Crippen molar-refractivity contribution in [2.45, 2.75) is 12.6 Å². The molecule has 1 aliphatic heterocycles. The number of hydrogen-bond acceptors (Lipinski definition) is 2. The summed E-state index contributed by atoms with van der Waals surface area (Å²) in [6, 6.07) is 6.10. The molecule has 3 nitrogen and oxygen atoms in total. The first kappa shape index (κ1) is 15.8. The van der Waals surface area contributed by atoms with Gasteiger partial charge in [0.25, 0.3) is 0 Å². The highest BCUT2D eigenvalue weighted by Gasteiger charge is 2.49. The van der Waals surface area contributed by atoms with Gasteiger partial charge in [0.15, 0.2) is 0 Å². The number of amides is 1. The minimum atomic E-state index is -4.39. The number of nitrogens with one attached hydrogen (secondary N) is 2. The van der Waals surface area contributed by atoms with Crippen molar-refractivity contribution in [3.8, 4) is 0 Å². The summed E-state index contributed by atoms with van der Waals surface area (Å²) >= 11 is 0. The third kappa shape index (κ3) is 3.93. The monoisotopic (exact) mass is 304 g/mol. The first-order valence-electron chi connectivity index (χ1n) is 6.68. The second-order valence-electron chi connectivity index (χ2n) is 5.05. The van der Waals surface area contributed by atoms with Gasteiger partial charge in [-0.25, -0.2) is 4.39 Å². The molecule has 116 valence electrons. The normalized spacial score (nSPS) is 22.3. The first-order valence-corrected chi connectivity index (χ1v) is 6.68. The van der Waals surface area contributed by atoms with Gasteiger partial charge in [-0.05, 0) is 18.1 Å². The molecule has 2 N–H and O–H groups in total. The average molecular weight is 304 g/mol. The van der Waals surface area contributed by atoms with Crippen molar-refractivity contribution in [1.29, 1.82) is 0 Å². The maximum absolute atomic E-state index is 13.4. The summed E-state index contributed by atoms with van der Waals surface area (Å²) in [5.41, 5.74) is 0.426. The summed E-state index contributed by atoms with van der Waals surface area (Å²) in [7, 11) is 0. The van der Waals surface area contributed by atoms with Crippen molar-refractivity contribution < 1.29 is 22.4 Å². The molecular formula is C14H16F4N2O. The van der Waals surface area contributed by atoms with Crippen LogP contribution in [0.3, 0.4) is 0 Å². The van der Waals surface area contributed by atoms with Crippen LogP contribution >= 0.6 is 0 Å². The summed E-state index contributed by atoms with van der Waals surface area (Å²) in [6.07, 6.45) is -4.15. The Bertz CT molecular complexity index is 504. The van der Waals surface area contributed by atoms with E-state index in [9.17, 15) is 22.4 Å². The third-order valence-electron chi connectivity index (χ3n) is 3.62. The molecule has 0 saturated carbocycles. The molecule has 2 atom stereocenters. The van der Waals surface area contributed by atoms with Crippen LogP contribution in [0.2, 0.25) is 0 Å². The third-order valence-corrected chi connectivity index (χ3v) is 3.62. The fourth-order valence-corrected chi connectivity index (χ4v) is 2.45. The van der Waals surface area contributed by atoms with Gasteiger partial charge in [0.1, 0.15) is 5.82 Å². The molecule has 0 unspecified atom stereocenters. The number of rotatable bonds is 4. The van der Waals surface area contributed by atoms with Gasteiger partial charge in [0.05, 0.1) is 11.8 Å². The van der Waals surface area contributed by atoms with Gasteiger partial charge in [-0.15, -0.1) is 0 Å². The van der Waals surface area contributed by atoms with Gasteiger partial charge in [-0.3, -0.25) is 4.79 Å². The number of halogens is 4. The minimum absolute atomic E-state index is 0.00963. The molecule has 1 aliphatic rings. The van der Waals surface area contributed by atoms with Crippen molar-refractivity contribution >= 4 is 5.91 Å². The van der Waals surface area contributed by atoms with Crippen LogP contribution in [0.4, 0.5) is 17.6 Å². The number of carbonyl (C=O) groups is 1. The van der Waals surface area contributed by atoms with Gasteiger partial charge in [-0.1, -0.05) is 18.2 Å². The molecule has 1 aromatic rings. The molecule has 7 heteroatoms. The number of benzene rings is 1. The zero-order valence-corrected chi connectivity index (χ0v) is 11.2. The molecule has 0 aromatic heterocycles. The molecule has 0 radical (unpaired) electrons. The van der Waals surface area contributed by atoms with E-state index in [0.717, 1.165) is 0 Å². The Hall–Kier alpha value is -1.63. The van der Waals surface area contributed by atoms with Crippen molar-refractivity contribution in [3.05, 3.63) is 35.6 Å². The van der Waals surface area contributed by atoms with E-state index in [2.05, 4.69) is 10.6 Å². The smallest absolute Gasteiger partial charge is 0.355 e. The summed E-state index contributed by atoms with van der Waals surface area (Å²) in [6.45, 7) is -0.120. The summed E-state index contributed by atoms with van der Waals surface area (Å²) in [4.78, 5) is 11.8. The molecule has 1 aromatic carbocycles. The largest absolute Gasteiger partial charge is 0.393 e. The summed E-state index contributed by atoms with van der Waals surface area (Å²) < 4.78 is 51.6. The molecule has 21 heavy (non-hydrogen) atoms. The van der Waals surface area contributed by atoms with Crippen LogP contribution in [0.15, 0.2) is 24.3 Å². The topological polar surface area (TPSA) is 41.1 Å². The minimum Gasteiger partial charge on any atom is -0.355 e. The second kappa shape index (κ2) is 6.43. The molecule has 1 saturated heterocycles. The highest BCUT2D eigenvalue weighted by molar-refractivity contribution is 5.79. The van der Waals surface area contributed by atoms with Gasteiger partial charge in [0.2, 0.25) is 5.91 Å². The van der Waals surface area contributed by atoms with E-state index >= 15 is 0 Å². The van der Waals surface area contributed by atoms with Crippen LogP contribution in [0.5, 0.6) is 0 Å². The van der Waals surface area contributed by atoms with E-state index in [1.165, 1.54) is 6.07 Å². The zero-order valence-electron chi connectivity index (χ0n) is 11.2. The van der Waals surface area contributed by atoms with Crippen molar-refractivity contribution in [2.24, 2.45) is 11.8 Å². The van der Waals surface area contributed by atoms with Crippen LogP contribution < -0.4 is 10.6 Å². The number of hydrogen-bond donors (Lipinski definition) is 2. The Kier molecular flexibility index (Phi) is 4.82. The van der Waals surface area contributed by atoms with Gasteiger partial charge in [-0.2, -0.15) is 13.2 Å². The predicted octanol–water partition coefficient (Wildman–Crippen LogP) is 1.88. The highest BCUT2D eigenvalue weighted by Crippen LogP contribution is 2.34. The first-order chi connectivity index (χ1) is 9.89. The SMILES string of the molecule is O=C(NCCc1ccccc1F)[C@@H]1CNC[C@H]1C(F)(F)F. The van der Waals surface area contributed by atoms with Crippen molar-refractivity contribution in [2.75, 3.05) is 19.6 Å². The van der Waals surface area contributed by atoms with E-state index in [-0.39, 0.29) is 31.9 Å². The van der Waals surface area contributed by atoms with Crippen molar-refractivity contribution in [1.82, 2.24) is 10.6 Å². The highest BCUT2D eigenvalue weighted by atomic mass is 19.4. The molecular weight excluding hydrogens is 288 g/mol. The Balaban J connectivity index is 1.86. The average Bonchev–Trinajstić information content (AvgIpc) is 2.90. The lowest BCUT2D eigenvalue weighted by atomic mass is 9.94. The van der Waals surface area contributed by atoms with Crippen LogP contribution in [-0.2, 0) is 11.2 Å². The van der Waals surface area contributed by atoms with E-state index in [1.807, 2.05) is 0 Å². The van der Waals surface area contributed by atoms with Gasteiger partial charge in [0, 0.05) is 19.6 Å². The summed E-state index contributed by atoms with van der Waals surface area (Å²) in [5, 5.41) is 5.04. The predicted molar refractivity (Wildman–Crippen MR) is 69.0 cm³/mol. The Morgan fingerprint density at radius 1 is 1.29 bits per heavy atom. The van der Waals surface area contributed by atoms with Crippen LogP contribution in [0, 0.1) is 17.7 Å². The van der Waals surface area contributed by atoms with E-state index in [4.69, 9.17) is 0 Å². The van der Waals surface area contributed by atoms with Gasteiger partial charge >= 0.3 is 6.18 Å². The van der Waals surface area contributed by atoms with Crippen LogP contribution in [0.1, 0.15) is 5.56 Å². The Morgan fingerprint density at radius 2 is 2.00 bits per heavy atom. The Labute approximate surface area is 119 Å². The number of carbonyl (C=O) groups excluding carboxylic acids is 1. The van der Waals surface area contributed by atoms with Crippen LogP contribution in [0.25, 0.3) is 0 Å².